The van der Waals surface area contributed by atoms with Crippen LogP contribution in [0, 0.1) is 19.8 Å². The summed E-state index contributed by atoms with van der Waals surface area (Å²) in [6.45, 7) is 9.09. The number of aliphatic hydroxyl groups excluding tert-OH is 1. The van der Waals surface area contributed by atoms with Crippen molar-refractivity contribution in [3.63, 3.8) is 0 Å². The highest BCUT2D eigenvalue weighted by Crippen LogP contribution is 2.18. The van der Waals surface area contributed by atoms with E-state index in [1.165, 1.54) is 10.5 Å². The molecule has 0 unspecified atom stereocenters. The van der Waals surface area contributed by atoms with Crippen LogP contribution in [0.1, 0.15) is 30.9 Å². The molecule has 1 aliphatic heterocycles. The van der Waals surface area contributed by atoms with E-state index in [4.69, 9.17) is 9.47 Å². The predicted molar refractivity (Wildman–Crippen MR) is 92.3 cm³/mol. The number of likely N-dealkylation sites (tertiary alicyclic amines) is 1. The van der Waals surface area contributed by atoms with Crippen LogP contribution < -0.4 is 9.64 Å². The maximum atomic E-state index is 11.7. The number of piperidine rings is 1. The molecule has 5 nitrogen and oxygen atoms in total. The first kappa shape index (κ1) is 18.7. The number of quaternary nitrogens is 1. The van der Waals surface area contributed by atoms with E-state index in [1.807, 2.05) is 26.0 Å². The summed E-state index contributed by atoms with van der Waals surface area (Å²) < 4.78 is 10.8. The Kier molecular flexibility index (Phi) is 7.06. The molecule has 2 rings (SSSR count). The lowest BCUT2D eigenvalue weighted by Gasteiger charge is -2.29. The van der Waals surface area contributed by atoms with E-state index >= 15 is 0 Å². The molecule has 1 aromatic carbocycles. The van der Waals surface area contributed by atoms with Gasteiger partial charge in [0, 0.05) is 12.8 Å². The van der Waals surface area contributed by atoms with Gasteiger partial charge in [0.2, 0.25) is 0 Å². The summed E-state index contributed by atoms with van der Waals surface area (Å²) in [5, 5.41) is 10.2. The predicted octanol–water partition coefficient (Wildman–Crippen LogP) is 0.901. The number of rotatable bonds is 7. The summed E-state index contributed by atoms with van der Waals surface area (Å²) in [5.41, 5.74) is 2.29. The number of aliphatic hydroxyl groups is 1. The van der Waals surface area contributed by atoms with Gasteiger partial charge in [-0.2, -0.15) is 0 Å². The van der Waals surface area contributed by atoms with Gasteiger partial charge in [-0.1, -0.05) is 17.7 Å². The average molecular weight is 336 g/mol. The SMILES string of the molecule is CCOC(=O)C1CC[NH+](C[C@@H](O)COc2ccc(C)cc2C)CC1. The number of carbonyl (C=O) groups excluding carboxylic acids is 1. The van der Waals surface area contributed by atoms with Crippen LogP contribution in [0.5, 0.6) is 5.75 Å². The van der Waals surface area contributed by atoms with Crippen molar-refractivity contribution in [3.8, 4) is 5.75 Å². The van der Waals surface area contributed by atoms with Gasteiger partial charge in [0.1, 0.15) is 25.0 Å². The first-order chi connectivity index (χ1) is 11.5. The van der Waals surface area contributed by atoms with Crippen molar-refractivity contribution in [2.45, 2.75) is 39.7 Å². The standard InChI is InChI=1S/C19H29NO4/c1-4-23-19(22)16-7-9-20(10-8-16)12-17(21)13-24-18-6-5-14(2)11-15(18)3/h5-6,11,16-17,21H,4,7-10,12-13H2,1-3H3/p+1/t17-/m1/s1. The Morgan fingerprint density at radius 1 is 1.33 bits per heavy atom. The van der Waals surface area contributed by atoms with Crippen LogP contribution in [0.25, 0.3) is 0 Å². The number of hydrogen-bond donors (Lipinski definition) is 2. The number of nitrogens with one attached hydrogen (secondary N) is 1. The second-order valence-electron chi connectivity index (χ2n) is 6.71. The highest BCUT2D eigenvalue weighted by molar-refractivity contribution is 5.72. The van der Waals surface area contributed by atoms with E-state index in [-0.39, 0.29) is 11.9 Å². The van der Waals surface area contributed by atoms with Gasteiger partial charge in [-0.3, -0.25) is 4.79 Å². The van der Waals surface area contributed by atoms with Crippen LogP contribution in [0.4, 0.5) is 0 Å². The van der Waals surface area contributed by atoms with Crippen molar-refractivity contribution < 1.29 is 24.3 Å². The molecule has 1 saturated heterocycles. The zero-order chi connectivity index (χ0) is 17.5. The number of esters is 1. The van der Waals surface area contributed by atoms with Crippen molar-refractivity contribution in [2.75, 3.05) is 32.8 Å². The quantitative estimate of drug-likeness (QED) is 0.727. The van der Waals surface area contributed by atoms with Gasteiger partial charge >= 0.3 is 5.97 Å². The molecule has 0 radical (unpaired) electrons. The van der Waals surface area contributed by atoms with Gasteiger partial charge in [0.25, 0.3) is 0 Å². The number of aryl methyl sites for hydroxylation is 2. The molecule has 0 bridgehead atoms. The molecule has 5 heteroatoms. The Labute approximate surface area is 144 Å². The number of ether oxygens (including phenoxy) is 2. The topological polar surface area (TPSA) is 60.2 Å². The minimum Gasteiger partial charge on any atom is -0.490 e. The molecule has 0 saturated carbocycles. The number of hydrogen-bond acceptors (Lipinski definition) is 4. The molecule has 0 spiro atoms. The summed E-state index contributed by atoms with van der Waals surface area (Å²) in [5.74, 6) is 0.781. The zero-order valence-electron chi connectivity index (χ0n) is 15.0. The second-order valence-corrected chi connectivity index (χ2v) is 6.71. The van der Waals surface area contributed by atoms with Crippen LogP contribution in [0.15, 0.2) is 18.2 Å². The molecule has 1 heterocycles. The van der Waals surface area contributed by atoms with E-state index in [1.54, 1.807) is 0 Å². The minimum absolute atomic E-state index is 0.0253. The molecule has 1 aromatic rings. The summed E-state index contributed by atoms with van der Waals surface area (Å²) in [6, 6.07) is 6.04. The number of benzene rings is 1. The molecular weight excluding hydrogens is 306 g/mol. The smallest absolute Gasteiger partial charge is 0.309 e. The molecule has 1 aliphatic rings. The summed E-state index contributed by atoms with van der Waals surface area (Å²) in [7, 11) is 0. The van der Waals surface area contributed by atoms with E-state index < -0.39 is 6.10 Å². The Bertz CT molecular complexity index is 538. The minimum atomic E-state index is -0.500. The Hall–Kier alpha value is -1.59. The molecule has 2 N–H and O–H groups in total. The van der Waals surface area contributed by atoms with Gasteiger partial charge < -0.3 is 19.5 Å². The zero-order valence-corrected chi connectivity index (χ0v) is 15.0. The van der Waals surface area contributed by atoms with Gasteiger partial charge in [0.05, 0.1) is 25.6 Å². The lowest BCUT2D eigenvalue weighted by molar-refractivity contribution is -0.908. The van der Waals surface area contributed by atoms with Crippen LogP contribution in [0.2, 0.25) is 0 Å². The first-order valence-corrected chi connectivity index (χ1v) is 8.88. The van der Waals surface area contributed by atoms with E-state index in [0.717, 1.165) is 37.2 Å². The third-order valence-corrected chi connectivity index (χ3v) is 4.60. The molecule has 0 aliphatic carbocycles. The summed E-state index contributed by atoms with van der Waals surface area (Å²) in [4.78, 5) is 13.1. The fraction of sp³-hybridized carbons (Fsp3) is 0.632. The third-order valence-electron chi connectivity index (χ3n) is 4.60. The Morgan fingerprint density at radius 2 is 2.04 bits per heavy atom. The van der Waals surface area contributed by atoms with Gasteiger partial charge in [0.15, 0.2) is 0 Å². The Balaban J connectivity index is 1.71. The van der Waals surface area contributed by atoms with Crippen LogP contribution in [-0.4, -0.2) is 50.0 Å². The summed E-state index contributed by atoms with van der Waals surface area (Å²) >= 11 is 0. The van der Waals surface area contributed by atoms with Crippen LogP contribution >= 0.6 is 0 Å². The third kappa shape index (κ3) is 5.49. The van der Waals surface area contributed by atoms with Gasteiger partial charge in [-0.15, -0.1) is 0 Å². The highest BCUT2D eigenvalue weighted by Gasteiger charge is 2.29. The molecule has 0 amide bonds. The van der Waals surface area contributed by atoms with Crippen molar-refractivity contribution in [3.05, 3.63) is 29.3 Å². The van der Waals surface area contributed by atoms with E-state index in [2.05, 4.69) is 13.0 Å². The lowest BCUT2D eigenvalue weighted by Crippen LogP contribution is -3.14. The monoisotopic (exact) mass is 336 g/mol. The van der Waals surface area contributed by atoms with Crippen molar-refractivity contribution in [1.82, 2.24) is 0 Å². The van der Waals surface area contributed by atoms with Crippen LogP contribution in [0.3, 0.4) is 0 Å². The largest absolute Gasteiger partial charge is 0.490 e. The van der Waals surface area contributed by atoms with Gasteiger partial charge in [-0.05, 0) is 32.4 Å². The number of carbonyl (C=O) groups is 1. The van der Waals surface area contributed by atoms with Crippen molar-refractivity contribution in [2.24, 2.45) is 5.92 Å². The van der Waals surface area contributed by atoms with Gasteiger partial charge in [-0.25, -0.2) is 0 Å². The second kappa shape index (κ2) is 9.04. The Morgan fingerprint density at radius 3 is 2.67 bits per heavy atom. The highest BCUT2D eigenvalue weighted by atomic mass is 16.5. The fourth-order valence-corrected chi connectivity index (χ4v) is 3.27. The maximum Gasteiger partial charge on any atom is 0.309 e. The van der Waals surface area contributed by atoms with Crippen LogP contribution in [-0.2, 0) is 9.53 Å². The molecule has 1 atom stereocenters. The average Bonchev–Trinajstić information content (AvgIpc) is 2.55. The molecular formula is C19H30NO4+. The van der Waals surface area contributed by atoms with E-state index in [9.17, 15) is 9.90 Å². The fourth-order valence-electron chi connectivity index (χ4n) is 3.27. The molecule has 134 valence electrons. The molecule has 24 heavy (non-hydrogen) atoms. The van der Waals surface area contributed by atoms with Crippen molar-refractivity contribution >= 4 is 5.97 Å². The summed E-state index contributed by atoms with van der Waals surface area (Å²) in [6.07, 6.45) is 1.16. The normalized spacial score (nSPS) is 22.0. The first-order valence-electron chi connectivity index (χ1n) is 8.88. The lowest BCUT2D eigenvalue weighted by atomic mass is 9.97. The maximum absolute atomic E-state index is 11.7. The molecule has 0 aromatic heterocycles. The van der Waals surface area contributed by atoms with E-state index in [0.29, 0.717) is 19.8 Å². The van der Waals surface area contributed by atoms with Crippen molar-refractivity contribution in [1.29, 1.82) is 0 Å². The molecule has 1 fully saturated rings.